The van der Waals surface area contributed by atoms with Gasteiger partial charge in [-0.2, -0.15) is 4.98 Å². The van der Waals surface area contributed by atoms with Crippen LogP contribution in [0.15, 0.2) is 28.8 Å². The van der Waals surface area contributed by atoms with Crippen LogP contribution in [0.5, 0.6) is 0 Å². The van der Waals surface area contributed by atoms with Crippen molar-refractivity contribution in [2.45, 2.75) is 25.7 Å². The van der Waals surface area contributed by atoms with E-state index in [-0.39, 0.29) is 12.4 Å². The minimum atomic E-state index is 0. The van der Waals surface area contributed by atoms with E-state index in [2.05, 4.69) is 34.5 Å². The first-order chi connectivity index (χ1) is 8.83. The number of halogens is 1. The van der Waals surface area contributed by atoms with Crippen molar-refractivity contribution in [2.75, 3.05) is 13.1 Å². The molecular weight excluding hydrogens is 262 g/mol. The van der Waals surface area contributed by atoms with E-state index in [1.807, 2.05) is 12.1 Å². The molecule has 102 valence electrons. The Balaban J connectivity index is 0.00000133. The number of rotatable bonds is 3. The Morgan fingerprint density at radius 3 is 2.95 bits per heavy atom. The molecular formula is C14H18ClN3O. The van der Waals surface area contributed by atoms with Crippen LogP contribution in [0.2, 0.25) is 0 Å². The average Bonchev–Trinajstić information content (AvgIpc) is 3.02. The van der Waals surface area contributed by atoms with Gasteiger partial charge in [0.25, 0.3) is 0 Å². The maximum absolute atomic E-state index is 5.36. The Morgan fingerprint density at radius 1 is 1.37 bits per heavy atom. The lowest BCUT2D eigenvalue weighted by atomic mass is 10.1. The second kappa shape index (κ2) is 6.17. The number of nitrogens with zero attached hydrogens (tertiary/aromatic N) is 2. The molecule has 0 radical (unpaired) electrons. The van der Waals surface area contributed by atoms with Crippen molar-refractivity contribution in [3.63, 3.8) is 0 Å². The summed E-state index contributed by atoms with van der Waals surface area (Å²) in [4.78, 5) is 4.51. The third kappa shape index (κ3) is 3.14. The van der Waals surface area contributed by atoms with E-state index in [1.165, 1.54) is 11.1 Å². The fraction of sp³-hybridized carbons (Fsp3) is 0.429. The molecule has 0 bridgehead atoms. The fourth-order valence-corrected chi connectivity index (χ4v) is 2.35. The van der Waals surface area contributed by atoms with Crippen LogP contribution in [0, 0.1) is 6.92 Å². The number of aromatic nitrogens is 2. The third-order valence-corrected chi connectivity index (χ3v) is 3.50. The first-order valence-electron chi connectivity index (χ1n) is 6.40. The average molecular weight is 280 g/mol. The van der Waals surface area contributed by atoms with Crippen LogP contribution in [-0.2, 0) is 6.42 Å². The first-order valence-corrected chi connectivity index (χ1v) is 6.40. The maximum Gasteiger partial charge on any atom is 0.231 e. The van der Waals surface area contributed by atoms with Gasteiger partial charge in [-0.25, -0.2) is 0 Å². The van der Waals surface area contributed by atoms with Crippen molar-refractivity contribution >= 4 is 12.4 Å². The normalized spacial score (nSPS) is 18.3. The lowest BCUT2D eigenvalue weighted by Gasteiger charge is -2.01. The number of nitrogens with one attached hydrogen (secondary N) is 1. The second-order valence-corrected chi connectivity index (χ2v) is 4.84. The summed E-state index contributed by atoms with van der Waals surface area (Å²) in [5, 5.41) is 7.39. The van der Waals surface area contributed by atoms with Gasteiger partial charge in [0, 0.05) is 13.0 Å². The summed E-state index contributed by atoms with van der Waals surface area (Å²) in [5.74, 6) is 1.96. The van der Waals surface area contributed by atoms with Gasteiger partial charge >= 0.3 is 0 Å². The molecule has 2 heterocycles. The van der Waals surface area contributed by atoms with Gasteiger partial charge < -0.3 is 9.84 Å². The molecule has 1 aliphatic heterocycles. The minimum absolute atomic E-state index is 0. The van der Waals surface area contributed by atoms with Crippen molar-refractivity contribution in [3.05, 3.63) is 47.1 Å². The van der Waals surface area contributed by atoms with Crippen LogP contribution >= 0.6 is 12.4 Å². The molecule has 0 amide bonds. The molecule has 1 aliphatic rings. The minimum Gasteiger partial charge on any atom is -0.339 e. The van der Waals surface area contributed by atoms with E-state index in [0.717, 1.165) is 37.6 Å². The summed E-state index contributed by atoms with van der Waals surface area (Å²) >= 11 is 0. The Morgan fingerprint density at radius 2 is 2.21 bits per heavy atom. The lowest BCUT2D eigenvalue weighted by molar-refractivity contribution is 0.355. The lowest BCUT2D eigenvalue weighted by Crippen LogP contribution is -2.08. The molecule has 5 heteroatoms. The molecule has 0 spiro atoms. The number of hydrogen-bond acceptors (Lipinski definition) is 4. The molecule has 1 saturated heterocycles. The molecule has 1 fully saturated rings. The molecule has 0 saturated carbocycles. The Bertz CT molecular complexity index is 535. The Kier molecular flexibility index (Phi) is 4.56. The van der Waals surface area contributed by atoms with Gasteiger partial charge in [0.1, 0.15) is 0 Å². The maximum atomic E-state index is 5.36. The first kappa shape index (κ1) is 14.0. The number of benzene rings is 1. The van der Waals surface area contributed by atoms with Crippen molar-refractivity contribution in [1.29, 1.82) is 0 Å². The van der Waals surface area contributed by atoms with Crippen molar-refractivity contribution < 1.29 is 4.52 Å². The molecule has 4 nitrogen and oxygen atoms in total. The highest BCUT2D eigenvalue weighted by molar-refractivity contribution is 5.85. The number of aryl methyl sites for hydroxylation is 1. The van der Waals surface area contributed by atoms with Crippen LogP contribution in [-0.4, -0.2) is 23.2 Å². The van der Waals surface area contributed by atoms with E-state index in [0.29, 0.717) is 5.92 Å². The van der Waals surface area contributed by atoms with E-state index in [4.69, 9.17) is 4.52 Å². The van der Waals surface area contributed by atoms with Crippen LogP contribution in [0.1, 0.15) is 35.2 Å². The molecule has 1 atom stereocenters. The van der Waals surface area contributed by atoms with Crippen LogP contribution in [0.25, 0.3) is 0 Å². The highest BCUT2D eigenvalue weighted by atomic mass is 35.5. The molecule has 3 rings (SSSR count). The summed E-state index contributed by atoms with van der Waals surface area (Å²) in [7, 11) is 0. The summed E-state index contributed by atoms with van der Waals surface area (Å²) < 4.78 is 5.36. The fourth-order valence-electron chi connectivity index (χ4n) is 2.35. The van der Waals surface area contributed by atoms with Gasteiger partial charge in [-0.05, 0) is 31.0 Å². The van der Waals surface area contributed by atoms with E-state index in [1.54, 1.807) is 0 Å². The largest absolute Gasteiger partial charge is 0.339 e. The summed E-state index contributed by atoms with van der Waals surface area (Å²) in [6, 6.07) is 8.31. The predicted molar refractivity (Wildman–Crippen MR) is 75.8 cm³/mol. The molecule has 1 aromatic heterocycles. The van der Waals surface area contributed by atoms with Gasteiger partial charge in [0.2, 0.25) is 5.89 Å². The van der Waals surface area contributed by atoms with Gasteiger partial charge in [-0.15, -0.1) is 12.4 Å². The molecule has 0 aliphatic carbocycles. The van der Waals surface area contributed by atoms with Gasteiger partial charge in [-0.1, -0.05) is 29.4 Å². The quantitative estimate of drug-likeness (QED) is 0.938. The summed E-state index contributed by atoms with van der Waals surface area (Å²) in [6.45, 7) is 4.10. The topological polar surface area (TPSA) is 51.0 Å². The monoisotopic (exact) mass is 279 g/mol. The van der Waals surface area contributed by atoms with Gasteiger partial charge in [-0.3, -0.25) is 0 Å². The van der Waals surface area contributed by atoms with E-state index < -0.39 is 0 Å². The van der Waals surface area contributed by atoms with Gasteiger partial charge in [0.15, 0.2) is 5.82 Å². The molecule has 19 heavy (non-hydrogen) atoms. The molecule has 1 unspecified atom stereocenters. The Hall–Kier alpha value is -1.39. The van der Waals surface area contributed by atoms with Crippen molar-refractivity contribution in [1.82, 2.24) is 15.5 Å². The zero-order valence-corrected chi connectivity index (χ0v) is 11.7. The third-order valence-electron chi connectivity index (χ3n) is 3.50. The van der Waals surface area contributed by atoms with Crippen LogP contribution in [0.4, 0.5) is 0 Å². The van der Waals surface area contributed by atoms with E-state index in [9.17, 15) is 0 Å². The zero-order chi connectivity index (χ0) is 12.4. The van der Waals surface area contributed by atoms with Gasteiger partial charge in [0.05, 0.1) is 5.92 Å². The highest BCUT2D eigenvalue weighted by Crippen LogP contribution is 2.21. The van der Waals surface area contributed by atoms with Crippen LogP contribution in [0.3, 0.4) is 0 Å². The molecule has 1 aromatic carbocycles. The summed E-state index contributed by atoms with van der Waals surface area (Å²) in [6.07, 6.45) is 1.84. The van der Waals surface area contributed by atoms with Crippen molar-refractivity contribution in [3.8, 4) is 0 Å². The molecule has 1 N–H and O–H groups in total. The predicted octanol–water partition coefficient (Wildman–Crippen LogP) is 2.47. The SMILES string of the molecule is Cc1ccccc1Cc1noc(C2CCNC2)n1.Cl. The highest BCUT2D eigenvalue weighted by Gasteiger charge is 2.22. The van der Waals surface area contributed by atoms with E-state index >= 15 is 0 Å². The standard InChI is InChI=1S/C14H17N3O.ClH/c1-10-4-2-3-5-11(10)8-13-16-14(18-17-13)12-6-7-15-9-12;/h2-5,12,15H,6-9H2,1H3;1H. The second-order valence-electron chi connectivity index (χ2n) is 4.84. The molecule has 2 aromatic rings. The smallest absolute Gasteiger partial charge is 0.231 e. The number of hydrogen-bond donors (Lipinski definition) is 1. The van der Waals surface area contributed by atoms with Crippen LogP contribution < -0.4 is 5.32 Å². The summed E-state index contributed by atoms with van der Waals surface area (Å²) in [5.41, 5.74) is 2.53. The Labute approximate surface area is 119 Å². The zero-order valence-electron chi connectivity index (χ0n) is 10.9. The van der Waals surface area contributed by atoms with Crippen molar-refractivity contribution in [2.24, 2.45) is 0 Å².